The van der Waals surface area contributed by atoms with Crippen molar-refractivity contribution in [3.63, 3.8) is 0 Å². The maximum atomic E-state index is 2.46. The third-order valence-electron chi connectivity index (χ3n) is 9.55. The molecule has 0 amide bonds. The topological polar surface area (TPSA) is 4.93 Å². The SMILES string of the molecule is c1ccc(-c2cc(-c3ccccc3)cc(-c3cccc(-n4c5ccccc5c5cc(-c6ccccc6)cc(-c6ccccc6)c54)c3)c2)cc1. The second kappa shape index (κ2) is 12.3. The summed E-state index contributed by atoms with van der Waals surface area (Å²) in [4.78, 5) is 0. The number of hydrogen-bond acceptors (Lipinski definition) is 0. The molecule has 0 unspecified atom stereocenters. The fourth-order valence-corrected chi connectivity index (χ4v) is 7.21. The van der Waals surface area contributed by atoms with Crippen LogP contribution in [0.15, 0.2) is 200 Å². The lowest BCUT2D eigenvalue weighted by molar-refractivity contribution is 1.18. The highest BCUT2D eigenvalue weighted by molar-refractivity contribution is 6.15. The molecular formula is C48H33N. The predicted octanol–water partition coefficient (Wildman–Crippen LogP) is 13.1. The zero-order valence-electron chi connectivity index (χ0n) is 27.0. The van der Waals surface area contributed by atoms with Crippen molar-refractivity contribution in [3.05, 3.63) is 200 Å². The fraction of sp³-hybridized carbons (Fsp3) is 0. The molecule has 1 nitrogen and oxygen atoms in total. The number of rotatable bonds is 6. The first-order chi connectivity index (χ1) is 24.3. The zero-order valence-corrected chi connectivity index (χ0v) is 27.0. The molecular weight excluding hydrogens is 591 g/mol. The van der Waals surface area contributed by atoms with Gasteiger partial charge in [-0.2, -0.15) is 0 Å². The molecule has 1 aromatic heterocycles. The highest BCUT2D eigenvalue weighted by Crippen LogP contribution is 2.42. The summed E-state index contributed by atoms with van der Waals surface area (Å²) in [7, 11) is 0. The normalized spacial score (nSPS) is 11.3. The van der Waals surface area contributed by atoms with Crippen LogP contribution in [0.1, 0.15) is 0 Å². The van der Waals surface area contributed by atoms with Gasteiger partial charge in [0, 0.05) is 22.0 Å². The average Bonchev–Trinajstić information content (AvgIpc) is 3.53. The Balaban J connectivity index is 1.29. The zero-order chi connectivity index (χ0) is 32.6. The second-order valence-electron chi connectivity index (χ2n) is 12.6. The first-order valence-electron chi connectivity index (χ1n) is 16.8. The van der Waals surface area contributed by atoms with Gasteiger partial charge in [-0.05, 0) is 98.6 Å². The molecule has 0 saturated heterocycles. The first kappa shape index (κ1) is 28.8. The van der Waals surface area contributed by atoms with Crippen LogP contribution in [0.3, 0.4) is 0 Å². The van der Waals surface area contributed by atoms with Gasteiger partial charge in [0.05, 0.1) is 11.0 Å². The van der Waals surface area contributed by atoms with Gasteiger partial charge in [0.2, 0.25) is 0 Å². The Morgan fingerprint density at radius 2 is 0.714 bits per heavy atom. The van der Waals surface area contributed by atoms with Gasteiger partial charge in [-0.25, -0.2) is 0 Å². The van der Waals surface area contributed by atoms with Crippen molar-refractivity contribution in [1.29, 1.82) is 0 Å². The molecule has 0 aliphatic rings. The van der Waals surface area contributed by atoms with Crippen LogP contribution in [-0.4, -0.2) is 4.57 Å². The molecule has 9 aromatic rings. The van der Waals surface area contributed by atoms with Gasteiger partial charge in [-0.15, -0.1) is 0 Å². The van der Waals surface area contributed by atoms with Crippen molar-refractivity contribution in [2.75, 3.05) is 0 Å². The monoisotopic (exact) mass is 623 g/mol. The smallest absolute Gasteiger partial charge is 0.0619 e. The predicted molar refractivity (Wildman–Crippen MR) is 208 cm³/mol. The van der Waals surface area contributed by atoms with Crippen LogP contribution >= 0.6 is 0 Å². The van der Waals surface area contributed by atoms with E-state index >= 15 is 0 Å². The van der Waals surface area contributed by atoms with Gasteiger partial charge in [0.15, 0.2) is 0 Å². The van der Waals surface area contributed by atoms with Gasteiger partial charge in [-0.3, -0.25) is 0 Å². The molecule has 1 heterocycles. The van der Waals surface area contributed by atoms with E-state index in [4.69, 9.17) is 0 Å². The Hall–Kier alpha value is -6.44. The van der Waals surface area contributed by atoms with E-state index in [0.717, 1.165) is 5.69 Å². The Kier molecular flexibility index (Phi) is 7.22. The number of hydrogen-bond donors (Lipinski definition) is 0. The molecule has 8 aromatic carbocycles. The molecule has 0 N–H and O–H groups in total. The number of aromatic nitrogens is 1. The summed E-state index contributed by atoms with van der Waals surface area (Å²) in [5, 5.41) is 2.49. The van der Waals surface area contributed by atoms with Gasteiger partial charge in [0.1, 0.15) is 0 Å². The van der Waals surface area contributed by atoms with Gasteiger partial charge < -0.3 is 4.57 Å². The van der Waals surface area contributed by atoms with Gasteiger partial charge in [-0.1, -0.05) is 152 Å². The molecule has 0 fully saturated rings. The molecule has 0 bridgehead atoms. The molecule has 49 heavy (non-hydrogen) atoms. The lowest BCUT2D eigenvalue weighted by atomic mass is 9.93. The minimum atomic E-state index is 1.14. The van der Waals surface area contributed by atoms with Crippen molar-refractivity contribution >= 4 is 21.8 Å². The Morgan fingerprint density at radius 1 is 0.265 bits per heavy atom. The van der Waals surface area contributed by atoms with Crippen molar-refractivity contribution in [1.82, 2.24) is 4.57 Å². The summed E-state index contributed by atoms with van der Waals surface area (Å²) in [6, 6.07) is 72.4. The van der Waals surface area contributed by atoms with E-state index in [1.165, 1.54) is 77.4 Å². The van der Waals surface area contributed by atoms with Crippen molar-refractivity contribution in [2.24, 2.45) is 0 Å². The second-order valence-corrected chi connectivity index (χ2v) is 12.6. The number of para-hydroxylation sites is 1. The fourth-order valence-electron chi connectivity index (χ4n) is 7.21. The van der Waals surface area contributed by atoms with E-state index in [1.807, 2.05) is 0 Å². The summed E-state index contributed by atoms with van der Waals surface area (Å²) >= 11 is 0. The highest BCUT2D eigenvalue weighted by Gasteiger charge is 2.19. The minimum Gasteiger partial charge on any atom is -0.309 e. The molecule has 9 rings (SSSR count). The van der Waals surface area contributed by atoms with E-state index in [1.54, 1.807) is 0 Å². The highest BCUT2D eigenvalue weighted by atomic mass is 15.0. The van der Waals surface area contributed by atoms with Crippen LogP contribution in [0.2, 0.25) is 0 Å². The van der Waals surface area contributed by atoms with Crippen LogP contribution in [-0.2, 0) is 0 Å². The molecule has 1 heteroatoms. The van der Waals surface area contributed by atoms with E-state index in [2.05, 4.69) is 205 Å². The maximum Gasteiger partial charge on any atom is 0.0619 e. The van der Waals surface area contributed by atoms with E-state index in [0.29, 0.717) is 0 Å². The van der Waals surface area contributed by atoms with Gasteiger partial charge >= 0.3 is 0 Å². The maximum absolute atomic E-state index is 2.46. The summed E-state index contributed by atoms with van der Waals surface area (Å²) in [5.41, 5.74) is 15.6. The molecule has 0 spiro atoms. The standard InChI is InChI=1S/C48H33N/c1-5-16-34(17-6-1)39-28-40(35-18-7-2-8-19-35)30-41(29-39)38-24-15-25-43(31-38)49-47-27-14-13-26-44(47)46-33-42(36-20-9-3-10-21-36)32-45(48(46)49)37-22-11-4-12-23-37/h1-33H. The number of nitrogens with zero attached hydrogens (tertiary/aromatic N) is 1. The van der Waals surface area contributed by atoms with Crippen molar-refractivity contribution < 1.29 is 0 Å². The van der Waals surface area contributed by atoms with E-state index in [9.17, 15) is 0 Å². The summed E-state index contributed by atoms with van der Waals surface area (Å²) in [5.74, 6) is 0. The summed E-state index contributed by atoms with van der Waals surface area (Å²) in [6.07, 6.45) is 0. The molecule has 0 aliphatic heterocycles. The summed E-state index contributed by atoms with van der Waals surface area (Å²) < 4.78 is 2.46. The quantitative estimate of drug-likeness (QED) is 0.174. The Morgan fingerprint density at radius 3 is 1.29 bits per heavy atom. The largest absolute Gasteiger partial charge is 0.309 e. The molecule has 230 valence electrons. The first-order valence-corrected chi connectivity index (χ1v) is 16.8. The molecule has 0 atom stereocenters. The van der Waals surface area contributed by atoms with Crippen LogP contribution in [0.25, 0.3) is 83.1 Å². The number of fused-ring (bicyclic) bond motifs is 3. The molecule has 0 saturated carbocycles. The van der Waals surface area contributed by atoms with Crippen LogP contribution < -0.4 is 0 Å². The molecule has 0 radical (unpaired) electrons. The van der Waals surface area contributed by atoms with E-state index in [-0.39, 0.29) is 0 Å². The van der Waals surface area contributed by atoms with Gasteiger partial charge in [0.25, 0.3) is 0 Å². The third-order valence-corrected chi connectivity index (χ3v) is 9.55. The van der Waals surface area contributed by atoms with E-state index < -0.39 is 0 Å². The Bertz CT molecular complexity index is 2510. The Labute approximate surface area is 287 Å². The lowest BCUT2D eigenvalue weighted by Crippen LogP contribution is -1.97. The van der Waals surface area contributed by atoms with Crippen molar-refractivity contribution in [3.8, 4) is 61.3 Å². The van der Waals surface area contributed by atoms with Crippen molar-refractivity contribution in [2.45, 2.75) is 0 Å². The summed E-state index contributed by atoms with van der Waals surface area (Å²) in [6.45, 7) is 0. The average molecular weight is 624 g/mol. The van der Waals surface area contributed by atoms with Crippen LogP contribution in [0, 0.1) is 0 Å². The number of benzene rings is 8. The minimum absolute atomic E-state index is 1.14. The third kappa shape index (κ3) is 5.32. The lowest BCUT2D eigenvalue weighted by Gasteiger charge is -2.15. The van der Waals surface area contributed by atoms with Crippen LogP contribution in [0.5, 0.6) is 0 Å². The van der Waals surface area contributed by atoms with Crippen LogP contribution in [0.4, 0.5) is 0 Å². The molecule has 0 aliphatic carbocycles.